The molecule has 0 heterocycles. The molecule has 0 aromatic heterocycles. The average Bonchev–Trinajstić information content (AvgIpc) is 2.34. The van der Waals surface area contributed by atoms with Crippen LogP contribution in [0.3, 0.4) is 0 Å². The smallest absolute Gasteiger partial charge is 0.243 e. The second-order valence-electron chi connectivity index (χ2n) is 4.24. The maximum Gasteiger partial charge on any atom is 0.243 e. The molecule has 0 saturated carbocycles. The Morgan fingerprint density at radius 2 is 2.10 bits per heavy atom. The molecule has 0 bridgehead atoms. The van der Waals surface area contributed by atoms with E-state index in [9.17, 15) is 17.6 Å². The highest BCUT2D eigenvalue weighted by atomic mass is 32.2. The Morgan fingerprint density at radius 1 is 1.45 bits per heavy atom. The number of nitrogens with one attached hydrogen (secondary N) is 2. The number of amides is 1. The van der Waals surface area contributed by atoms with Crippen molar-refractivity contribution in [2.24, 2.45) is 0 Å². The molecule has 20 heavy (non-hydrogen) atoms. The summed E-state index contributed by atoms with van der Waals surface area (Å²) in [5.41, 5.74) is 0.170. The fourth-order valence-electron chi connectivity index (χ4n) is 1.53. The highest BCUT2D eigenvalue weighted by Gasteiger charge is 2.22. The molecule has 0 unspecified atom stereocenters. The Bertz CT molecular complexity index is 585. The highest BCUT2D eigenvalue weighted by molar-refractivity contribution is 7.89. The van der Waals surface area contributed by atoms with E-state index >= 15 is 0 Å². The lowest BCUT2D eigenvalue weighted by Crippen LogP contribution is -2.37. The van der Waals surface area contributed by atoms with Gasteiger partial charge < -0.3 is 10.4 Å². The number of rotatable bonds is 6. The highest BCUT2D eigenvalue weighted by Crippen LogP contribution is 2.19. The topological polar surface area (TPSA) is 95.5 Å². The van der Waals surface area contributed by atoms with Gasteiger partial charge in [-0.3, -0.25) is 4.79 Å². The summed E-state index contributed by atoms with van der Waals surface area (Å²) < 4.78 is 40.0. The number of aliphatic hydroxyl groups is 1. The first kappa shape index (κ1) is 16.5. The van der Waals surface area contributed by atoms with Crippen LogP contribution in [0, 0.1) is 5.82 Å². The van der Waals surface area contributed by atoms with Gasteiger partial charge in [0, 0.05) is 18.7 Å². The molecule has 0 aliphatic carbocycles. The molecular weight excluding hydrogens is 287 g/mol. The molecule has 0 aliphatic rings. The van der Waals surface area contributed by atoms with Crippen LogP contribution in [-0.2, 0) is 14.8 Å². The van der Waals surface area contributed by atoms with Crippen LogP contribution in [0.15, 0.2) is 23.1 Å². The molecule has 0 radical (unpaired) electrons. The molecule has 1 amide bonds. The normalized spacial score (nSPS) is 13.0. The molecule has 1 aromatic rings. The van der Waals surface area contributed by atoms with Crippen molar-refractivity contribution in [1.29, 1.82) is 0 Å². The van der Waals surface area contributed by atoms with Crippen LogP contribution >= 0.6 is 0 Å². The number of halogens is 1. The lowest BCUT2D eigenvalue weighted by Gasteiger charge is -2.15. The van der Waals surface area contributed by atoms with Crippen LogP contribution in [0.1, 0.15) is 20.3 Å². The largest absolute Gasteiger partial charge is 0.395 e. The van der Waals surface area contributed by atoms with Gasteiger partial charge in [0.25, 0.3) is 0 Å². The van der Waals surface area contributed by atoms with Crippen LogP contribution in [0.25, 0.3) is 0 Å². The number of anilines is 1. The number of carbonyl (C=O) groups excluding carboxylic acids is 1. The predicted molar refractivity (Wildman–Crippen MR) is 72.2 cm³/mol. The Morgan fingerprint density at radius 3 is 2.55 bits per heavy atom. The zero-order valence-corrected chi connectivity index (χ0v) is 12.0. The van der Waals surface area contributed by atoms with Gasteiger partial charge in [-0.2, -0.15) is 0 Å². The van der Waals surface area contributed by atoms with Gasteiger partial charge in [-0.1, -0.05) is 6.92 Å². The second kappa shape index (κ2) is 6.78. The molecular formula is C12H17FN2O4S. The number of benzene rings is 1. The third-order valence-corrected chi connectivity index (χ3v) is 4.13. The summed E-state index contributed by atoms with van der Waals surface area (Å²) >= 11 is 0. The van der Waals surface area contributed by atoms with Gasteiger partial charge >= 0.3 is 0 Å². The lowest BCUT2D eigenvalue weighted by atomic mass is 10.3. The summed E-state index contributed by atoms with van der Waals surface area (Å²) in [6.07, 6.45) is 0.376. The van der Waals surface area contributed by atoms with Crippen molar-refractivity contribution in [3.8, 4) is 0 Å². The van der Waals surface area contributed by atoms with E-state index in [1.54, 1.807) is 6.92 Å². The second-order valence-corrected chi connectivity index (χ2v) is 5.92. The van der Waals surface area contributed by atoms with Gasteiger partial charge in [0.2, 0.25) is 15.9 Å². The first-order chi connectivity index (χ1) is 9.30. The fraction of sp³-hybridized carbons (Fsp3) is 0.417. The molecule has 1 aromatic carbocycles. The van der Waals surface area contributed by atoms with Crippen LogP contribution in [0.2, 0.25) is 0 Å². The predicted octanol–water partition coefficient (Wildman–Crippen LogP) is 0.833. The molecule has 112 valence electrons. The quantitative estimate of drug-likeness (QED) is 0.725. The van der Waals surface area contributed by atoms with Crippen molar-refractivity contribution >= 4 is 21.6 Å². The van der Waals surface area contributed by atoms with Gasteiger partial charge in [0.1, 0.15) is 10.7 Å². The van der Waals surface area contributed by atoms with Gasteiger partial charge in [-0.25, -0.2) is 17.5 Å². The zero-order chi connectivity index (χ0) is 15.3. The molecule has 8 heteroatoms. The number of hydrogen-bond acceptors (Lipinski definition) is 4. The Balaban J connectivity index is 3.04. The summed E-state index contributed by atoms with van der Waals surface area (Å²) in [4.78, 5) is 10.3. The molecule has 6 nitrogen and oxygen atoms in total. The number of carbonyl (C=O) groups is 1. The summed E-state index contributed by atoms with van der Waals surface area (Å²) in [5.74, 6) is -1.36. The van der Waals surface area contributed by atoms with Gasteiger partial charge in [-0.15, -0.1) is 0 Å². The van der Waals surface area contributed by atoms with E-state index in [0.29, 0.717) is 6.42 Å². The van der Waals surface area contributed by atoms with Crippen LogP contribution in [0.5, 0.6) is 0 Å². The van der Waals surface area contributed by atoms with E-state index in [1.165, 1.54) is 13.0 Å². The minimum absolute atomic E-state index is 0.170. The van der Waals surface area contributed by atoms with E-state index < -0.39 is 26.8 Å². The van der Waals surface area contributed by atoms with Crippen molar-refractivity contribution < 1.29 is 22.7 Å². The number of aliphatic hydroxyl groups excluding tert-OH is 1. The van der Waals surface area contributed by atoms with E-state index in [0.717, 1.165) is 12.1 Å². The zero-order valence-electron chi connectivity index (χ0n) is 11.2. The molecule has 0 aliphatic heterocycles. The van der Waals surface area contributed by atoms with Crippen molar-refractivity contribution in [3.05, 3.63) is 24.0 Å². The van der Waals surface area contributed by atoms with Crippen molar-refractivity contribution in [3.63, 3.8) is 0 Å². The van der Waals surface area contributed by atoms with E-state index in [2.05, 4.69) is 10.0 Å². The van der Waals surface area contributed by atoms with Gasteiger partial charge in [0.05, 0.1) is 6.61 Å². The Kier molecular flexibility index (Phi) is 5.61. The van der Waals surface area contributed by atoms with Crippen molar-refractivity contribution in [1.82, 2.24) is 4.72 Å². The SMILES string of the molecule is CC[C@@H](CO)NS(=O)(=O)c1ccc(NC(C)=O)cc1F. The van der Waals surface area contributed by atoms with Crippen molar-refractivity contribution in [2.75, 3.05) is 11.9 Å². The first-order valence-corrected chi connectivity index (χ1v) is 7.48. The monoisotopic (exact) mass is 304 g/mol. The maximum absolute atomic E-state index is 13.8. The third kappa shape index (κ3) is 4.26. The minimum Gasteiger partial charge on any atom is -0.395 e. The van der Waals surface area contributed by atoms with Gasteiger partial charge in [-0.05, 0) is 24.6 Å². The van der Waals surface area contributed by atoms with Gasteiger partial charge in [0.15, 0.2) is 0 Å². The molecule has 0 fully saturated rings. The summed E-state index contributed by atoms with van der Waals surface area (Å²) in [6, 6.07) is 2.61. The Hall–Kier alpha value is -1.51. The Labute approximate surface area is 117 Å². The van der Waals surface area contributed by atoms with Crippen LogP contribution in [0.4, 0.5) is 10.1 Å². The average molecular weight is 304 g/mol. The molecule has 3 N–H and O–H groups in total. The van der Waals surface area contributed by atoms with Crippen LogP contribution in [-0.4, -0.2) is 32.1 Å². The fourth-order valence-corrected chi connectivity index (χ4v) is 2.90. The summed E-state index contributed by atoms with van der Waals surface area (Å²) in [6.45, 7) is 2.58. The standard InChI is InChI=1S/C12H17FN2O4S/c1-3-9(7-16)15-20(18,19)12-5-4-10(6-11(12)13)14-8(2)17/h4-6,9,15-16H,3,7H2,1-2H3,(H,14,17)/t9-/m0/s1. The van der Waals surface area contributed by atoms with Crippen molar-refractivity contribution in [2.45, 2.75) is 31.2 Å². The molecule has 1 atom stereocenters. The minimum atomic E-state index is -4.06. The number of hydrogen-bond donors (Lipinski definition) is 3. The number of sulfonamides is 1. The van der Waals surface area contributed by atoms with Crippen LogP contribution < -0.4 is 10.0 Å². The summed E-state index contributed by atoms with van der Waals surface area (Å²) in [5, 5.41) is 11.3. The van der Waals surface area contributed by atoms with E-state index in [-0.39, 0.29) is 18.2 Å². The van der Waals surface area contributed by atoms with E-state index in [4.69, 9.17) is 5.11 Å². The third-order valence-electron chi connectivity index (χ3n) is 2.58. The summed E-state index contributed by atoms with van der Waals surface area (Å²) in [7, 11) is -4.06. The molecule has 0 saturated heterocycles. The van der Waals surface area contributed by atoms with E-state index in [1.807, 2.05) is 0 Å². The first-order valence-electron chi connectivity index (χ1n) is 6.00. The molecule has 1 rings (SSSR count). The lowest BCUT2D eigenvalue weighted by molar-refractivity contribution is -0.114. The molecule has 0 spiro atoms. The maximum atomic E-state index is 13.8.